The van der Waals surface area contributed by atoms with Crippen molar-refractivity contribution >= 4 is 11.4 Å². The third-order valence-corrected chi connectivity index (χ3v) is 4.92. The van der Waals surface area contributed by atoms with Crippen molar-refractivity contribution in [3.63, 3.8) is 0 Å². The Morgan fingerprint density at radius 2 is 1.33 bits per heavy atom. The predicted molar refractivity (Wildman–Crippen MR) is 102 cm³/mol. The lowest BCUT2D eigenvalue weighted by atomic mass is 9.90. The lowest BCUT2D eigenvalue weighted by molar-refractivity contribution is -0.105. The van der Waals surface area contributed by atoms with Crippen LogP contribution in [0.3, 0.4) is 0 Å². The van der Waals surface area contributed by atoms with Crippen LogP contribution in [0, 0.1) is 6.92 Å². The highest BCUT2D eigenvalue weighted by atomic mass is 16.5. The number of hydrogen-bond acceptors (Lipinski definition) is 2. The average Bonchev–Trinajstić information content (AvgIpc) is 2.66. The molecule has 0 spiro atoms. The second-order valence-corrected chi connectivity index (χ2v) is 8.15. The molecule has 0 unspecified atom stereocenters. The molecule has 2 aromatic carbocycles. The van der Waals surface area contributed by atoms with Crippen LogP contribution in [-0.4, -0.2) is 6.04 Å². The van der Waals surface area contributed by atoms with Gasteiger partial charge < -0.3 is 9.64 Å². The first kappa shape index (κ1) is 17.0. The minimum atomic E-state index is -0.259. The van der Waals surface area contributed by atoms with E-state index in [0.29, 0.717) is 6.04 Å². The molecule has 0 fully saturated rings. The summed E-state index contributed by atoms with van der Waals surface area (Å²) < 4.78 is 6.30. The second-order valence-electron chi connectivity index (χ2n) is 8.15. The quantitative estimate of drug-likeness (QED) is 0.682. The molecule has 3 rings (SSSR count). The van der Waals surface area contributed by atoms with E-state index in [4.69, 9.17) is 4.74 Å². The Morgan fingerprint density at radius 3 is 1.92 bits per heavy atom. The van der Waals surface area contributed by atoms with Crippen molar-refractivity contribution in [1.82, 2.24) is 0 Å². The van der Waals surface area contributed by atoms with E-state index in [0.717, 1.165) is 0 Å². The van der Waals surface area contributed by atoms with Crippen molar-refractivity contribution in [2.75, 3.05) is 4.90 Å². The maximum atomic E-state index is 6.30. The van der Waals surface area contributed by atoms with E-state index >= 15 is 0 Å². The van der Waals surface area contributed by atoms with E-state index in [9.17, 15) is 0 Å². The van der Waals surface area contributed by atoms with Crippen molar-refractivity contribution in [3.8, 4) is 0 Å². The monoisotopic (exact) mass is 323 g/mol. The summed E-state index contributed by atoms with van der Waals surface area (Å²) >= 11 is 0. The number of fused-ring (bicyclic) bond motifs is 1. The van der Waals surface area contributed by atoms with Crippen LogP contribution in [0.1, 0.15) is 58.2 Å². The third-order valence-electron chi connectivity index (χ3n) is 4.92. The second kappa shape index (κ2) is 5.63. The van der Waals surface area contributed by atoms with Crippen molar-refractivity contribution in [2.24, 2.45) is 0 Å². The summed E-state index contributed by atoms with van der Waals surface area (Å²) in [5.74, 6) is 0. The van der Waals surface area contributed by atoms with E-state index in [1.54, 1.807) is 0 Å². The molecule has 0 atom stereocenters. The zero-order valence-electron chi connectivity index (χ0n) is 16.0. The van der Waals surface area contributed by atoms with E-state index in [1.165, 1.54) is 28.1 Å². The Bertz CT molecular complexity index is 741. The summed E-state index contributed by atoms with van der Waals surface area (Å²) in [4.78, 5) is 2.39. The Labute approximate surface area is 146 Å². The summed E-state index contributed by atoms with van der Waals surface area (Å²) in [5, 5.41) is 0. The zero-order chi connectivity index (χ0) is 17.7. The lowest BCUT2D eigenvalue weighted by Crippen LogP contribution is -2.26. The van der Waals surface area contributed by atoms with E-state index in [1.807, 2.05) is 0 Å². The predicted octanol–water partition coefficient (Wildman–Crippen LogP) is 6.04. The molecule has 1 heterocycles. The van der Waals surface area contributed by atoms with Crippen LogP contribution in [0.5, 0.6) is 0 Å². The highest BCUT2D eigenvalue weighted by molar-refractivity contribution is 5.66. The molecule has 0 N–H and O–H groups in total. The summed E-state index contributed by atoms with van der Waals surface area (Å²) in [6, 6.07) is 15.9. The highest BCUT2D eigenvalue weighted by Gasteiger charge is 2.43. The van der Waals surface area contributed by atoms with Crippen LogP contribution >= 0.6 is 0 Å². The third kappa shape index (κ3) is 2.84. The topological polar surface area (TPSA) is 12.5 Å². The Morgan fingerprint density at radius 1 is 0.792 bits per heavy atom. The summed E-state index contributed by atoms with van der Waals surface area (Å²) in [7, 11) is 0. The normalized spacial score (nSPS) is 17.8. The van der Waals surface area contributed by atoms with Gasteiger partial charge in [0.15, 0.2) is 0 Å². The molecule has 0 saturated heterocycles. The number of benzene rings is 2. The minimum absolute atomic E-state index is 0.232. The van der Waals surface area contributed by atoms with Gasteiger partial charge in [0.05, 0.1) is 11.2 Å². The van der Waals surface area contributed by atoms with Gasteiger partial charge in [0.25, 0.3) is 0 Å². The van der Waals surface area contributed by atoms with Gasteiger partial charge in [-0.2, -0.15) is 0 Å². The zero-order valence-corrected chi connectivity index (χ0v) is 16.0. The fourth-order valence-corrected chi connectivity index (χ4v) is 3.90. The molecule has 2 heteroatoms. The minimum Gasteiger partial charge on any atom is -0.360 e. The number of rotatable bonds is 3. The molecule has 2 nitrogen and oxygen atoms in total. The van der Waals surface area contributed by atoms with Gasteiger partial charge >= 0.3 is 0 Å². The SMILES string of the molecule is Cc1ccc(N(c2ccc3c(c2)C(C)(C)OC3(C)C)C(C)C)cc1. The van der Waals surface area contributed by atoms with Crippen LogP contribution in [-0.2, 0) is 15.9 Å². The summed E-state index contributed by atoms with van der Waals surface area (Å²) in [6.45, 7) is 15.2. The molecule has 24 heavy (non-hydrogen) atoms. The van der Waals surface area contributed by atoms with Crippen molar-refractivity contribution < 1.29 is 4.74 Å². The van der Waals surface area contributed by atoms with Crippen molar-refractivity contribution in [3.05, 3.63) is 59.2 Å². The van der Waals surface area contributed by atoms with Gasteiger partial charge in [-0.25, -0.2) is 0 Å². The van der Waals surface area contributed by atoms with Crippen molar-refractivity contribution in [1.29, 1.82) is 0 Å². The summed E-state index contributed by atoms with van der Waals surface area (Å²) in [6.07, 6.45) is 0. The molecule has 0 aromatic heterocycles. The van der Waals surface area contributed by atoms with Gasteiger partial charge in [0.2, 0.25) is 0 Å². The van der Waals surface area contributed by atoms with Crippen LogP contribution in [0.25, 0.3) is 0 Å². The number of aryl methyl sites for hydroxylation is 1. The lowest BCUT2D eigenvalue weighted by Gasteiger charge is -2.30. The molecular weight excluding hydrogens is 294 g/mol. The molecule has 1 aliphatic heterocycles. The Kier molecular flexibility index (Phi) is 4.00. The smallest absolute Gasteiger partial charge is 0.0891 e. The maximum absolute atomic E-state index is 6.30. The van der Waals surface area contributed by atoms with Crippen LogP contribution in [0.4, 0.5) is 11.4 Å². The fourth-order valence-electron chi connectivity index (χ4n) is 3.90. The Balaban J connectivity index is 2.10. The van der Waals surface area contributed by atoms with Gasteiger partial charge in [-0.1, -0.05) is 23.8 Å². The van der Waals surface area contributed by atoms with E-state index in [-0.39, 0.29) is 11.2 Å². The first-order valence-corrected chi connectivity index (χ1v) is 8.83. The molecule has 0 aliphatic carbocycles. The van der Waals surface area contributed by atoms with Crippen LogP contribution in [0.15, 0.2) is 42.5 Å². The first-order chi connectivity index (χ1) is 11.1. The number of anilines is 2. The summed E-state index contributed by atoms with van der Waals surface area (Å²) in [5.41, 5.74) is 5.84. The Hall–Kier alpha value is -1.80. The standard InChI is InChI=1S/C22H29NO/c1-15(2)23(17-10-8-16(3)9-11-17)18-12-13-19-20(14-18)22(6,7)24-21(19,4)5/h8-15H,1-7H3. The average molecular weight is 323 g/mol. The first-order valence-electron chi connectivity index (χ1n) is 8.83. The number of nitrogens with zero attached hydrogens (tertiary/aromatic N) is 1. The maximum Gasteiger partial charge on any atom is 0.0891 e. The van der Waals surface area contributed by atoms with Gasteiger partial charge in [-0.3, -0.25) is 0 Å². The van der Waals surface area contributed by atoms with E-state index < -0.39 is 0 Å². The van der Waals surface area contributed by atoms with Gasteiger partial charge in [0, 0.05) is 17.4 Å². The van der Waals surface area contributed by atoms with Crippen molar-refractivity contribution in [2.45, 2.75) is 65.7 Å². The number of ether oxygens (including phenoxy) is 1. The van der Waals surface area contributed by atoms with E-state index in [2.05, 4.69) is 95.8 Å². The molecule has 2 aromatic rings. The van der Waals surface area contributed by atoms with Gasteiger partial charge in [-0.15, -0.1) is 0 Å². The molecule has 0 amide bonds. The molecule has 128 valence electrons. The molecule has 0 radical (unpaired) electrons. The largest absolute Gasteiger partial charge is 0.360 e. The van der Waals surface area contributed by atoms with Gasteiger partial charge in [-0.05, 0) is 83.9 Å². The molecule has 0 saturated carbocycles. The molecule has 0 bridgehead atoms. The molecule has 1 aliphatic rings. The highest BCUT2D eigenvalue weighted by Crippen LogP contribution is 2.48. The van der Waals surface area contributed by atoms with Gasteiger partial charge in [0.1, 0.15) is 0 Å². The number of hydrogen-bond donors (Lipinski definition) is 0. The molecular formula is C22H29NO. The fraction of sp³-hybridized carbons (Fsp3) is 0.455. The van der Waals surface area contributed by atoms with Crippen LogP contribution in [0.2, 0.25) is 0 Å². The van der Waals surface area contributed by atoms with Crippen LogP contribution < -0.4 is 4.90 Å².